The molecule has 98 valence electrons. The van der Waals surface area contributed by atoms with Gasteiger partial charge in [-0.25, -0.2) is 4.39 Å². The van der Waals surface area contributed by atoms with Crippen molar-refractivity contribution in [3.05, 3.63) is 33.1 Å². The number of benzene rings is 1. The first-order chi connectivity index (χ1) is 8.56. The Morgan fingerprint density at radius 3 is 2.89 bits per heavy atom. The van der Waals surface area contributed by atoms with Gasteiger partial charge in [0.25, 0.3) is 5.91 Å². The smallest absolute Gasteiger partial charge is 0.252 e. The Kier molecular flexibility index (Phi) is 4.84. The van der Waals surface area contributed by atoms with E-state index in [-0.39, 0.29) is 17.1 Å². The van der Waals surface area contributed by atoms with E-state index in [0.717, 1.165) is 19.3 Å². The van der Waals surface area contributed by atoms with Gasteiger partial charge in [0, 0.05) is 15.5 Å². The minimum absolute atomic E-state index is 0.141. The molecular formula is C13H14ClFINO. The predicted molar refractivity (Wildman–Crippen MR) is 78.4 cm³/mol. The average Bonchev–Trinajstić information content (AvgIpc) is 2.72. The lowest BCUT2D eigenvalue weighted by Gasteiger charge is -2.11. The van der Waals surface area contributed by atoms with Crippen LogP contribution in [0.25, 0.3) is 0 Å². The van der Waals surface area contributed by atoms with Crippen LogP contribution in [0.1, 0.15) is 29.6 Å². The van der Waals surface area contributed by atoms with Crippen LogP contribution in [-0.2, 0) is 0 Å². The van der Waals surface area contributed by atoms with Crippen molar-refractivity contribution in [2.24, 2.45) is 5.92 Å². The maximum Gasteiger partial charge on any atom is 0.252 e. The highest BCUT2D eigenvalue weighted by atomic mass is 127. The highest BCUT2D eigenvalue weighted by Gasteiger charge is 2.23. The maximum atomic E-state index is 12.9. The number of nitrogens with one attached hydrogen (secondary N) is 1. The molecule has 0 aromatic heterocycles. The summed E-state index contributed by atoms with van der Waals surface area (Å²) in [4.78, 5) is 11.9. The second kappa shape index (κ2) is 6.19. The molecule has 0 aliphatic heterocycles. The zero-order chi connectivity index (χ0) is 13.1. The van der Waals surface area contributed by atoms with Crippen molar-refractivity contribution in [3.8, 4) is 0 Å². The van der Waals surface area contributed by atoms with Crippen LogP contribution in [0.3, 0.4) is 0 Å². The average molecular weight is 382 g/mol. The van der Waals surface area contributed by atoms with E-state index >= 15 is 0 Å². The summed E-state index contributed by atoms with van der Waals surface area (Å²) >= 11 is 8.00. The summed E-state index contributed by atoms with van der Waals surface area (Å²) in [6.45, 7) is 0.648. The van der Waals surface area contributed by atoms with Gasteiger partial charge in [-0.15, -0.1) is 11.6 Å². The number of carbonyl (C=O) groups is 1. The third kappa shape index (κ3) is 3.57. The Balaban J connectivity index is 1.91. The molecule has 1 aliphatic rings. The summed E-state index contributed by atoms with van der Waals surface area (Å²) < 4.78 is 13.6. The first-order valence-electron chi connectivity index (χ1n) is 5.93. The first-order valence-corrected chi connectivity index (χ1v) is 7.45. The van der Waals surface area contributed by atoms with E-state index in [2.05, 4.69) is 5.32 Å². The Bertz CT molecular complexity index is 455. The summed E-state index contributed by atoms with van der Waals surface area (Å²) in [6.07, 6.45) is 3.05. The van der Waals surface area contributed by atoms with Gasteiger partial charge >= 0.3 is 0 Å². The molecule has 1 amide bonds. The number of hydrogen-bond acceptors (Lipinski definition) is 1. The van der Waals surface area contributed by atoms with Crippen molar-refractivity contribution >= 4 is 40.1 Å². The number of rotatable bonds is 3. The van der Waals surface area contributed by atoms with Crippen LogP contribution in [0.5, 0.6) is 0 Å². The maximum absolute atomic E-state index is 12.9. The van der Waals surface area contributed by atoms with Crippen molar-refractivity contribution in [3.63, 3.8) is 0 Å². The van der Waals surface area contributed by atoms with Crippen LogP contribution in [0.15, 0.2) is 18.2 Å². The monoisotopic (exact) mass is 381 g/mol. The van der Waals surface area contributed by atoms with Crippen molar-refractivity contribution < 1.29 is 9.18 Å². The molecule has 1 N–H and O–H groups in total. The lowest BCUT2D eigenvalue weighted by Crippen LogP contribution is -2.29. The summed E-state index contributed by atoms with van der Waals surface area (Å²) in [5.74, 6) is 0.00343. The molecule has 0 heterocycles. The van der Waals surface area contributed by atoms with Crippen LogP contribution in [-0.4, -0.2) is 17.8 Å². The Labute approximate surface area is 124 Å². The fourth-order valence-electron chi connectivity index (χ4n) is 2.21. The molecule has 2 unspecified atom stereocenters. The standard InChI is InChI=1S/C13H14ClFINO/c14-9-2-1-8(5-9)7-17-13(18)11-4-3-10(15)6-12(11)16/h3-4,6,8-9H,1-2,5,7H2,(H,17,18). The first kappa shape index (κ1) is 14.1. The molecule has 1 aromatic carbocycles. The van der Waals surface area contributed by atoms with Crippen LogP contribution < -0.4 is 5.32 Å². The zero-order valence-corrected chi connectivity index (χ0v) is 12.7. The fraction of sp³-hybridized carbons (Fsp3) is 0.462. The van der Waals surface area contributed by atoms with Crippen LogP contribution in [0.4, 0.5) is 4.39 Å². The van der Waals surface area contributed by atoms with E-state index in [1.807, 2.05) is 22.6 Å². The Hall–Kier alpha value is -0.360. The molecule has 5 heteroatoms. The lowest BCUT2D eigenvalue weighted by atomic mass is 10.1. The van der Waals surface area contributed by atoms with Gasteiger partial charge in [0.2, 0.25) is 0 Å². The lowest BCUT2D eigenvalue weighted by molar-refractivity contribution is 0.0946. The number of alkyl halides is 1. The van der Waals surface area contributed by atoms with Crippen molar-refractivity contribution in [2.45, 2.75) is 24.6 Å². The second-order valence-corrected chi connectivity index (χ2v) is 6.39. The molecule has 18 heavy (non-hydrogen) atoms. The molecule has 1 saturated carbocycles. The molecule has 0 saturated heterocycles. The normalized spacial score (nSPS) is 23.1. The van der Waals surface area contributed by atoms with Gasteiger partial charge in [-0.2, -0.15) is 0 Å². The van der Waals surface area contributed by atoms with E-state index < -0.39 is 0 Å². The number of hydrogen-bond donors (Lipinski definition) is 1. The largest absolute Gasteiger partial charge is 0.352 e. The molecule has 1 aliphatic carbocycles. The van der Waals surface area contributed by atoms with Gasteiger partial charge in [0.1, 0.15) is 5.82 Å². The number of carbonyl (C=O) groups excluding carboxylic acids is 1. The molecular weight excluding hydrogens is 368 g/mol. The molecule has 0 spiro atoms. The van der Waals surface area contributed by atoms with E-state index in [9.17, 15) is 9.18 Å². The van der Waals surface area contributed by atoms with E-state index in [0.29, 0.717) is 21.6 Å². The van der Waals surface area contributed by atoms with E-state index in [4.69, 9.17) is 11.6 Å². The molecule has 2 atom stereocenters. The summed E-state index contributed by atoms with van der Waals surface area (Å²) in [5.41, 5.74) is 0.525. The SMILES string of the molecule is O=C(NCC1CCC(Cl)C1)c1ccc(F)cc1I. The summed E-state index contributed by atoms with van der Waals surface area (Å²) in [7, 11) is 0. The second-order valence-electron chi connectivity index (χ2n) is 4.61. The fourth-order valence-corrected chi connectivity index (χ4v) is 3.31. The van der Waals surface area contributed by atoms with E-state index in [1.54, 1.807) is 0 Å². The number of halogens is 3. The topological polar surface area (TPSA) is 29.1 Å². The third-order valence-electron chi connectivity index (χ3n) is 3.20. The molecule has 2 nitrogen and oxygen atoms in total. The Morgan fingerprint density at radius 2 is 2.28 bits per heavy atom. The Morgan fingerprint density at radius 1 is 1.50 bits per heavy atom. The molecule has 1 fully saturated rings. The van der Waals surface area contributed by atoms with Gasteiger partial charge in [0.05, 0.1) is 5.56 Å². The van der Waals surface area contributed by atoms with Gasteiger partial charge in [-0.05, 0) is 66.0 Å². The number of amides is 1. The molecule has 1 aromatic rings. The minimum atomic E-state index is -0.322. The molecule has 0 radical (unpaired) electrons. The summed E-state index contributed by atoms with van der Waals surface area (Å²) in [6, 6.07) is 4.19. The highest BCUT2D eigenvalue weighted by molar-refractivity contribution is 14.1. The zero-order valence-electron chi connectivity index (χ0n) is 9.76. The van der Waals surface area contributed by atoms with Crippen molar-refractivity contribution in [1.82, 2.24) is 5.32 Å². The van der Waals surface area contributed by atoms with Crippen LogP contribution in [0.2, 0.25) is 0 Å². The third-order valence-corrected chi connectivity index (χ3v) is 4.49. The van der Waals surface area contributed by atoms with E-state index in [1.165, 1.54) is 18.2 Å². The van der Waals surface area contributed by atoms with Crippen LogP contribution in [0, 0.1) is 15.3 Å². The predicted octanol–water partition coefficient (Wildman–Crippen LogP) is 3.57. The van der Waals surface area contributed by atoms with Gasteiger partial charge in [0.15, 0.2) is 0 Å². The summed E-state index contributed by atoms with van der Waals surface area (Å²) in [5, 5.41) is 3.14. The minimum Gasteiger partial charge on any atom is -0.352 e. The van der Waals surface area contributed by atoms with Crippen molar-refractivity contribution in [1.29, 1.82) is 0 Å². The van der Waals surface area contributed by atoms with Gasteiger partial charge in [-0.3, -0.25) is 4.79 Å². The quantitative estimate of drug-likeness (QED) is 0.629. The molecule has 2 rings (SSSR count). The van der Waals surface area contributed by atoms with Gasteiger partial charge in [-0.1, -0.05) is 0 Å². The highest BCUT2D eigenvalue weighted by Crippen LogP contribution is 2.28. The van der Waals surface area contributed by atoms with Crippen molar-refractivity contribution in [2.75, 3.05) is 6.54 Å². The molecule has 0 bridgehead atoms. The van der Waals surface area contributed by atoms with Crippen LogP contribution >= 0.6 is 34.2 Å². The van der Waals surface area contributed by atoms with Gasteiger partial charge < -0.3 is 5.32 Å².